The summed E-state index contributed by atoms with van der Waals surface area (Å²) in [5.74, 6) is -1.49. The Morgan fingerprint density at radius 1 is 1.00 bits per heavy atom. The molecule has 0 fully saturated rings. The van der Waals surface area contributed by atoms with Crippen LogP contribution in [0.4, 0.5) is 0 Å². The Morgan fingerprint density at radius 3 is 1.78 bits per heavy atom. The fourth-order valence-corrected chi connectivity index (χ4v) is 1.70. The number of rotatable bonds is 8. The first kappa shape index (κ1) is 16.7. The molecule has 0 spiro atoms. The summed E-state index contributed by atoms with van der Waals surface area (Å²) in [6, 6.07) is 0. The summed E-state index contributed by atoms with van der Waals surface area (Å²) >= 11 is 0. The third kappa shape index (κ3) is 6.42. The van der Waals surface area contributed by atoms with Crippen LogP contribution in [0.5, 0.6) is 0 Å². The number of hydrogen-bond acceptors (Lipinski definition) is 4. The van der Waals surface area contributed by atoms with Crippen LogP contribution in [0.3, 0.4) is 0 Å². The van der Waals surface area contributed by atoms with Crippen molar-refractivity contribution in [1.82, 2.24) is 0 Å². The maximum absolute atomic E-state index is 11.7. The predicted molar refractivity (Wildman–Crippen MR) is 70.0 cm³/mol. The molecule has 0 aromatic heterocycles. The molecular formula is C14H24O4. The van der Waals surface area contributed by atoms with Gasteiger partial charge in [-0.1, -0.05) is 26.0 Å². The first-order valence-electron chi connectivity index (χ1n) is 6.42. The first-order chi connectivity index (χ1) is 8.42. The van der Waals surface area contributed by atoms with Gasteiger partial charge >= 0.3 is 11.9 Å². The lowest BCUT2D eigenvalue weighted by molar-refractivity contribution is -0.161. The molecule has 4 nitrogen and oxygen atoms in total. The van der Waals surface area contributed by atoms with Gasteiger partial charge in [-0.25, -0.2) is 0 Å². The van der Waals surface area contributed by atoms with Crippen molar-refractivity contribution in [3.63, 3.8) is 0 Å². The van der Waals surface area contributed by atoms with Gasteiger partial charge in [0.2, 0.25) is 0 Å². The number of carbonyl (C=O) groups is 2. The minimum atomic E-state index is -0.879. The van der Waals surface area contributed by atoms with E-state index < -0.39 is 17.9 Å². The number of allylic oxidation sites excluding steroid dienone is 1. The highest BCUT2D eigenvalue weighted by Gasteiger charge is 2.30. The van der Waals surface area contributed by atoms with E-state index in [9.17, 15) is 9.59 Å². The lowest BCUT2D eigenvalue weighted by Crippen LogP contribution is -2.28. The Hall–Kier alpha value is -1.32. The van der Waals surface area contributed by atoms with Gasteiger partial charge in [0.1, 0.15) is 0 Å². The Morgan fingerprint density at radius 2 is 1.44 bits per heavy atom. The van der Waals surface area contributed by atoms with Gasteiger partial charge in [-0.15, -0.1) is 0 Å². The molecule has 0 aromatic rings. The second-order valence-corrected chi connectivity index (χ2v) is 4.61. The van der Waals surface area contributed by atoms with Crippen LogP contribution in [0.15, 0.2) is 12.2 Å². The molecule has 0 aromatic carbocycles. The molecule has 0 bridgehead atoms. The summed E-state index contributed by atoms with van der Waals surface area (Å²) in [5.41, 5.74) is 0.871. The van der Waals surface area contributed by atoms with Crippen LogP contribution in [0, 0.1) is 11.8 Å². The maximum Gasteiger partial charge on any atom is 0.320 e. The molecule has 18 heavy (non-hydrogen) atoms. The van der Waals surface area contributed by atoms with Gasteiger partial charge in [0.25, 0.3) is 0 Å². The zero-order chi connectivity index (χ0) is 14.1. The van der Waals surface area contributed by atoms with Crippen LogP contribution in [-0.4, -0.2) is 25.2 Å². The Bertz CT molecular complexity index is 276. The molecule has 0 saturated carbocycles. The van der Waals surface area contributed by atoms with E-state index in [4.69, 9.17) is 9.47 Å². The van der Waals surface area contributed by atoms with E-state index in [2.05, 4.69) is 20.4 Å². The van der Waals surface area contributed by atoms with E-state index in [-0.39, 0.29) is 13.2 Å². The molecule has 0 rings (SSSR count). The minimum Gasteiger partial charge on any atom is -0.465 e. The summed E-state index contributed by atoms with van der Waals surface area (Å²) < 4.78 is 9.79. The van der Waals surface area contributed by atoms with Gasteiger partial charge in [0.05, 0.1) is 13.2 Å². The lowest BCUT2D eigenvalue weighted by atomic mass is 9.94. The smallest absolute Gasteiger partial charge is 0.320 e. The van der Waals surface area contributed by atoms with Crippen LogP contribution in [0.25, 0.3) is 0 Å². The van der Waals surface area contributed by atoms with Gasteiger partial charge in [-0.2, -0.15) is 0 Å². The van der Waals surface area contributed by atoms with Gasteiger partial charge in [0.15, 0.2) is 5.92 Å². The molecule has 4 heteroatoms. The maximum atomic E-state index is 11.7. The van der Waals surface area contributed by atoms with E-state index >= 15 is 0 Å². The topological polar surface area (TPSA) is 52.6 Å². The van der Waals surface area contributed by atoms with E-state index in [1.807, 2.05) is 0 Å². The summed E-state index contributed by atoms with van der Waals surface area (Å²) in [7, 11) is 0. The highest BCUT2D eigenvalue weighted by Crippen LogP contribution is 2.20. The van der Waals surface area contributed by atoms with Crippen LogP contribution in [0.1, 0.15) is 40.5 Å². The highest BCUT2D eigenvalue weighted by atomic mass is 16.6. The molecule has 0 aliphatic carbocycles. The summed E-state index contributed by atoms with van der Waals surface area (Å²) in [6.45, 7) is 12.0. The molecule has 0 aliphatic heterocycles. The monoisotopic (exact) mass is 256 g/mol. The van der Waals surface area contributed by atoms with Gasteiger partial charge in [-0.3, -0.25) is 9.59 Å². The molecule has 104 valence electrons. The third-order valence-corrected chi connectivity index (χ3v) is 2.33. The number of esters is 2. The zero-order valence-electron chi connectivity index (χ0n) is 11.8. The molecule has 0 saturated heterocycles. The number of carbonyl (C=O) groups excluding carboxylic acids is 2. The van der Waals surface area contributed by atoms with Crippen LogP contribution in [0.2, 0.25) is 0 Å². The molecule has 0 heterocycles. The summed E-state index contributed by atoms with van der Waals surface area (Å²) in [6.07, 6.45) is 1.09. The molecule has 0 aliphatic rings. The summed E-state index contributed by atoms with van der Waals surface area (Å²) in [4.78, 5) is 23.4. The minimum absolute atomic E-state index is 0.255. The fourth-order valence-electron chi connectivity index (χ4n) is 1.70. The van der Waals surface area contributed by atoms with Crippen molar-refractivity contribution < 1.29 is 19.1 Å². The molecule has 0 N–H and O–H groups in total. The van der Waals surface area contributed by atoms with Crippen molar-refractivity contribution in [2.45, 2.75) is 40.5 Å². The highest BCUT2D eigenvalue weighted by molar-refractivity contribution is 5.95. The normalized spacial score (nSPS) is 10.6. The number of ether oxygens (including phenoxy) is 2. The predicted octanol–water partition coefficient (Wildman–Crippen LogP) is 2.72. The average molecular weight is 256 g/mol. The zero-order valence-corrected chi connectivity index (χ0v) is 11.8. The van der Waals surface area contributed by atoms with E-state index in [1.165, 1.54) is 0 Å². The second-order valence-electron chi connectivity index (χ2n) is 4.61. The Kier molecular flexibility index (Phi) is 8.08. The van der Waals surface area contributed by atoms with Crippen LogP contribution >= 0.6 is 0 Å². The Labute approximate surface area is 109 Å². The van der Waals surface area contributed by atoms with Gasteiger partial charge in [-0.05, 0) is 32.6 Å². The lowest BCUT2D eigenvalue weighted by Gasteiger charge is -2.16. The van der Waals surface area contributed by atoms with E-state index in [0.717, 1.165) is 12.0 Å². The largest absolute Gasteiger partial charge is 0.465 e. The quantitative estimate of drug-likeness (QED) is 0.380. The van der Waals surface area contributed by atoms with Crippen molar-refractivity contribution in [3.05, 3.63) is 12.2 Å². The molecule has 0 amide bonds. The number of hydrogen-bond donors (Lipinski definition) is 0. The van der Waals surface area contributed by atoms with Gasteiger partial charge < -0.3 is 9.47 Å². The molecule has 0 atom stereocenters. The van der Waals surface area contributed by atoms with Crippen LogP contribution < -0.4 is 0 Å². The van der Waals surface area contributed by atoms with Crippen molar-refractivity contribution >= 4 is 11.9 Å². The third-order valence-electron chi connectivity index (χ3n) is 2.33. The van der Waals surface area contributed by atoms with Crippen molar-refractivity contribution in [3.8, 4) is 0 Å². The van der Waals surface area contributed by atoms with Crippen LogP contribution in [-0.2, 0) is 19.1 Å². The fraction of sp³-hybridized carbons (Fsp3) is 0.714. The standard InChI is InChI=1S/C14H24O4/c1-6-17-13(15)12(14(16)18-7-2)9-11(5)8-10(3)4/h10,12H,5-9H2,1-4H3. The van der Waals surface area contributed by atoms with Crippen molar-refractivity contribution in [2.24, 2.45) is 11.8 Å². The van der Waals surface area contributed by atoms with E-state index in [1.54, 1.807) is 13.8 Å². The first-order valence-corrected chi connectivity index (χ1v) is 6.42. The Balaban J connectivity index is 4.61. The summed E-state index contributed by atoms with van der Waals surface area (Å²) in [5, 5.41) is 0. The molecule has 0 unspecified atom stereocenters. The van der Waals surface area contributed by atoms with Gasteiger partial charge in [0, 0.05) is 0 Å². The molecule has 0 radical (unpaired) electrons. The van der Waals surface area contributed by atoms with Crippen molar-refractivity contribution in [2.75, 3.05) is 13.2 Å². The average Bonchev–Trinajstić information content (AvgIpc) is 2.25. The SMILES string of the molecule is C=C(CC(C)C)CC(C(=O)OCC)C(=O)OCC. The molecular weight excluding hydrogens is 232 g/mol. The second kappa shape index (κ2) is 8.72. The van der Waals surface area contributed by atoms with Crippen molar-refractivity contribution in [1.29, 1.82) is 0 Å². The van der Waals surface area contributed by atoms with E-state index in [0.29, 0.717) is 12.3 Å².